The van der Waals surface area contributed by atoms with Crippen LogP contribution in [0.3, 0.4) is 0 Å². The number of carboxylic acid groups (broad SMARTS) is 1. The first kappa shape index (κ1) is 27.8. The largest absolute Gasteiger partial charge is 0.481 e. The summed E-state index contributed by atoms with van der Waals surface area (Å²) in [6.45, 7) is 12.6. The number of benzene rings is 1. The van der Waals surface area contributed by atoms with Crippen molar-refractivity contribution in [1.82, 2.24) is 15.3 Å². The van der Waals surface area contributed by atoms with Gasteiger partial charge in [0, 0.05) is 20.0 Å². The number of hydrogen-bond donors (Lipinski definition) is 2. The zero-order chi connectivity index (χ0) is 25.7. The summed E-state index contributed by atoms with van der Waals surface area (Å²) in [7, 11) is 1.53. The van der Waals surface area contributed by atoms with E-state index in [4.69, 9.17) is 0 Å². The number of carbonyl (C=O) groups is 3. The first-order chi connectivity index (χ1) is 15.9. The van der Waals surface area contributed by atoms with Gasteiger partial charge in [-0.1, -0.05) is 71.7 Å². The van der Waals surface area contributed by atoms with E-state index >= 15 is 0 Å². The molecule has 1 aliphatic rings. The molecule has 0 saturated carbocycles. The SMILES string of the molecule is CCCCC1(C(=O)O)CCN(C(=O)CCC)N(C(C)c2ccc(C(C)(C)C)cc2)C1C(=O)NC. The van der Waals surface area contributed by atoms with Crippen molar-refractivity contribution < 1.29 is 19.5 Å². The summed E-state index contributed by atoms with van der Waals surface area (Å²) >= 11 is 0. The Kier molecular flexibility index (Phi) is 9.29. The van der Waals surface area contributed by atoms with Gasteiger partial charge in [0.05, 0.1) is 11.5 Å². The summed E-state index contributed by atoms with van der Waals surface area (Å²) < 4.78 is 0. The van der Waals surface area contributed by atoms with Gasteiger partial charge in [-0.3, -0.25) is 19.4 Å². The minimum Gasteiger partial charge on any atom is -0.481 e. The standard InChI is InChI=1S/C27H43N3O4/c1-8-10-16-27(25(33)34)17-18-29(22(31)11-9-2)30(23(27)24(32)28-7)19(3)20-12-14-21(15-13-20)26(4,5)6/h12-15,19,23H,8-11,16-18H2,1-7H3,(H,28,32)(H,33,34). The minimum absolute atomic E-state index is 0.000729. The number of nitrogens with zero attached hydrogens (tertiary/aromatic N) is 2. The molecule has 190 valence electrons. The second kappa shape index (κ2) is 11.3. The molecule has 1 aromatic carbocycles. The molecular weight excluding hydrogens is 430 g/mol. The smallest absolute Gasteiger partial charge is 0.311 e. The van der Waals surface area contributed by atoms with E-state index in [1.54, 1.807) is 10.0 Å². The molecule has 0 spiro atoms. The first-order valence-corrected chi connectivity index (χ1v) is 12.6. The van der Waals surface area contributed by atoms with Gasteiger partial charge in [0.15, 0.2) is 0 Å². The zero-order valence-corrected chi connectivity index (χ0v) is 22.0. The molecular formula is C27H43N3O4. The number of aliphatic carboxylic acids is 1. The molecule has 1 heterocycles. The number of unbranched alkanes of at least 4 members (excludes halogenated alkanes) is 1. The third kappa shape index (κ3) is 5.62. The molecule has 0 radical (unpaired) electrons. The lowest BCUT2D eigenvalue weighted by molar-refractivity contribution is -0.201. The van der Waals surface area contributed by atoms with Crippen LogP contribution in [0.25, 0.3) is 0 Å². The Hall–Kier alpha value is -2.41. The van der Waals surface area contributed by atoms with Crippen LogP contribution in [0.2, 0.25) is 0 Å². The van der Waals surface area contributed by atoms with Gasteiger partial charge >= 0.3 is 5.97 Å². The van der Waals surface area contributed by atoms with Crippen molar-refractivity contribution in [3.63, 3.8) is 0 Å². The maximum Gasteiger partial charge on any atom is 0.311 e. The second-order valence-electron chi connectivity index (χ2n) is 10.5. The van der Waals surface area contributed by atoms with Gasteiger partial charge in [0.25, 0.3) is 0 Å². The van der Waals surface area contributed by atoms with Crippen LogP contribution in [-0.2, 0) is 19.8 Å². The molecule has 0 aromatic heterocycles. The lowest BCUT2D eigenvalue weighted by Gasteiger charge is -2.53. The Labute approximate surface area is 204 Å². The maximum atomic E-state index is 13.4. The molecule has 2 N–H and O–H groups in total. The molecule has 2 amide bonds. The van der Waals surface area contributed by atoms with Gasteiger partial charge in [-0.15, -0.1) is 0 Å². The fourth-order valence-electron chi connectivity index (χ4n) is 4.99. The second-order valence-corrected chi connectivity index (χ2v) is 10.5. The number of rotatable bonds is 9. The van der Waals surface area contributed by atoms with Crippen LogP contribution in [0.1, 0.15) is 97.2 Å². The number of likely N-dealkylation sites (N-methyl/N-ethyl adjacent to an activating group) is 1. The average molecular weight is 474 g/mol. The first-order valence-electron chi connectivity index (χ1n) is 12.6. The van der Waals surface area contributed by atoms with Crippen LogP contribution >= 0.6 is 0 Å². The van der Waals surface area contributed by atoms with E-state index in [1.165, 1.54) is 12.6 Å². The molecule has 34 heavy (non-hydrogen) atoms. The molecule has 1 aromatic rings. The van der Waals surface area contributed by atoms with E-state index in [0.29, 0.717) is 25.7 Å². The average Bonchev–Trinajstić information content (AvgIpc) is 2.80. The summed E-state index contributed by atoms with van der Waals surface area (Å²) in [6, 6.07) is 6.84. The van der Waals surface area contributed by atoms with Gasteiger partial charge in [0.1, 0.15) is 6.04 Å². The van der Waals surface area contributed by atoms with E-state index in [9.17, 15) is 19.5 Å². The van der Waals surface area contributed by atoms with Gasteiger partial charge in [-0.05, 0) is 42.7 Å². The van der Waals surface area contributed by atoms with Crippen molar-refractivity contribution in [3.8, 4) is 0 Å². The molecule has 1 aliphatic heterocycles. The van der Waals surface area contributed by atoms with Gasteiger partial charge in [-0.25, -0.2) is 0 Å². The Bertz CT molecular complexity index is 862. The molecule has 0 bridgehead atoms. The maximum absolute atomic E-state index is 13.4. The summed E-state index contributed by atoms with van der Waals surface area (Å²) in [5.74, 6) is -1.42. The Morgan fingerprint density at radius 3 is 2.24 bits per heavy atom. The summed E-state index contributed by atoms with van der Waals surface area (Å²) in [5, 5.41) is 16.5. The summed E-state index contributed by atoms with van der Waals surface area (Å²) in [6.07, 6.45) is 3.20. The number of carboxylic acids is 1. The number of amides is 2. The number of hydrazine groups is 1. The van der Waals surface area contributed by atoms with Gasteiger partial charge in [-0.2, -0.15) is 5.01 Å². The zero-order valence-electron chi connectivity index (χ0n) is 22.0. The highest BCUT2D eigenvalue weighted by Gasteiger charge is 2.57. The molecule has 3 atom stereocenters. The van der Waals surface area contributed by atoms with Crippen molar-refractivity contribution in [2.24, 2.45) is 5.41 Å². The molecule has 7 heteroatoms. The van der Waals surface area contributed by atoms with Gasteiger partial charge < -0.3 is 10.4 Å². The van der Waals surface area contributed by atoms with E-state index in [2.05, 4.69) is 38.2 Å². The predicted molar refractivity (Wildman–Crippen MR) is 134 cm³/mol. The Morgan fingerprint density at radius 2 is 1.76 bits per heavy atom. The Morgan fingerprint density at radius 1 is 1.15 bits per heavy atom. The van der Waals surface area contributed by atoms with Crippen molar-refractivity contribution in [1.29, 1.82) is 0 Å². The normalized spacial score (nSPS) is 22.3. The van der Waals surface area contributed by atoms with Crippen molar-refractivity contribution in [2.45, 2.75) is 97.6 Å². The lowest BCUT2D eigenvalue weighted by atomic mass is 9.70. The highest BCUT2D eigenvalue weighted by atomic mass is 16.4. The summed E-state index contributed by atoms with van der Waals surface area (Å²) in [4.78, 5) is 39.3. The molecule has 1 fully saturated rings. The van der Waals surface area contributed by atoms with Crippen LogP contribution in [0.4, 0.5) is 0 Å². The number of carbonyl (C=O) groups excluding carboxylic acids is 2. The molecule has 7 nitrogen and oxygen atoms in total. The number of hydrogen-bond acceptors (Lipinski definition) is 4. The molecule has 3 unspecified atom stereocenters. The fourth-order valence-corrected chi connectivity index (χ4v) is 4.99. The fraction of sp³-hybridized carbons (Fsp3) is 0.667. The number of nitrogens with one attached hydrogen (secondary N) is 1. The molecule has 2 rings (SSSR count). The van der Waals surface area contributed by atoms with Crippen molar-refractivity contribution >= 4 is 17.8 Å². The van der Waals surface area contributed by atoms with Gasteiger partial charge in [0.2, 0.25) is 11.8 Å². The predicted octanol–water partition coefficient (Wildman–Crippen LogP) is 4.67. The Balaban J connectivity index is 2.64. The molecule has 0 aliphatic carbocycles. The van der Waals surface area contributed by atoms with E-state index < -0.39 is 17.4 Å². The third-order valence-electron chi connectivity index (χ3n) is 7.14. The van der Waals surface area contributed by atoms with E-state index in [0.717, 1.165) is 12.0 Å². The third-order valence-corrected chi connectivity index (χ3v) is 7.14. The highest BCUT2D eigenvalue weighted by molar-refractivity contribution is 5.91. The van der Waals surface area contributed by atoms with Crippen LogP contribution in [0.5, 0.6) is 0 Å². The van der Waals surface area contributed by atoms with Crippen LogP contribution in [0.15, 0.2) is 24.3 Å². The lowest BCUT2D eigenvalue weighted by Crippen LogP contribution is -2.69. The minimum atomic E-state index is -1.27. The van der Waals surface area contributed by atoms with E-state index in [1.807, 2.05) is 32.9 Å². The van der Waals surface area contributed by atoms with Crippen LogP contribution < -0.4 is 5.32 Å². The monoisotopic (exact) mass is 473 g/mol. The van der Waals surface area contributed by atoms with Crippen molar-refractivity contribution in [3.05, 3.63) is 35.4 Å². The van der Waals surface area contributed by atoms with Crippen LogP contribution in [0, 0.1) is 5.41 Å². The molecule has 1 saturated heterocycles. The van der Waals surface area contributed by atoms with E-state index in [-0.39, 0.29) is 36.2 Å². The highest BCUT2D eigenvalue weighted by Crippen LogP contribution is 2.44. The van der Waals surface area contributed by atoms with Crippen LogP contribution in [-0.4, -0.2) is 52.5 Å². The topological polar surface area (TPSA) is 90.0 Å². The quantitative estimate of drug-likeness (QED) is 0.544. The van der Waals surface area contributed by atoms with Crippen molar-refractivity contribution in [2.75, 3.05) is 13.6 Å². The summed E-state index contributed by atoms with van der Waals surface area (Å²) in [5.41, 5.74) is 0.859.